The van der Waals surface area contributed by atoms with Crippen molar-refractivity contribution >= 4 is 15.9 Å². The first-order valence-corrected chi connectivity index (χ1v) is 5.44. The number of hydrogen-bond donors (Lipinski definition) is 1. The molecule has 1 N–H and O–H groups in total. The third-order valence-corrected chi connectivity index (χ3v) is 3.01. The molecule has 1 fully saturated rings. The van der Waals surface area contributed by atoms with Crippen LogP contribution in [0.15, 0.2) is 16.9 Å². The fraction of sp³-hybridized carbons (Fsp3) is 0.667. The highest BCUT2D eigenvalue weighted by Crippen LogP contribution is 2.29. The van der Waals surface area contributed by atoms with Crippen molar-refractivity contribution in [3.63, 3.8) is 0 Å². The summed E-state index contributed by atoms with van der Waals surface area (Å²) in [6, 6.07) is 0. The van der Waals surface area contributed by atoms with Crippen molar-refractivity contribution in [2.45, 2.75) is 31.7 Å². The molecule has 3 atom stereocenters. The van der Waals surface area contributed by atoms with Crippen LogP contribution in [0.4, 0.5) is 4.39 Å². The van der Waals surface area contributed by atoms with Gasteiger partial charge in [0, 0.05) is 12.7 Å². The first-order chi connectivity index (χ1) is 6.65. The molecule has 3 nitrogen and oxygen atoms in total. The van der Waals surface area contributed by atoms with E-state index in [-0.39, 0.29) is 5.92 Å². The lowest BCUT2D eigenvalue weighted by Gasteiger charge is -2.07. The summed E-state index contributed by atoms with van der Waals surface area (Å²) in [5.74, 6) is 0.201. The average Bonchev–Trinajstić information content (AvgIpc) is 2.62. The van der Waals surface area contributed by atoms with E-state index in [4.69, 9.17) is 0 Å². The molecular formula is C9H12BrFN2O. The molecule has 0 aliphatic heterocycles. The van der Waals surface area contributed by atoms with Crippen LogP contribution in [0.25, 0.3) is 0 Å². The van der Waals surface area contributed by atoms with Gasteiger partial charge in [-0.1, -0.05) is 0 Å². The zero-order valence-electron chi connectivity index (χ0n) is 7.61. The van der Waals surface area contributed by atoms with Gasteiger partial charge in [-0.15, -0.1) is 0 Å². The second-order valence-electron chi connectivity index (χ2n) is 3.80. The molecular weight excluding hydrogens is 251 g/mol. The van der Waals surface area contributed by atoms with Crippen molar-refractivity contribution in [3.8, 4) is 0 Å². The van der Waals surface area contributed by atoms with Crippen LogP contribution in [0.5, 0.6) is 0 Å². The van der Waals surface area contributed by atoms with Crippen molar-refractivity contribution < 1.29 is 9.50 Å². The molecule has 1 aliphatic rings. The average molecular weight is 263 g/mol. The predicted octanol–water partition coefficient (Wildman–Crippen LogP) is 1.75. The molecule has 0 spiro atoms. The molecule has 0 amide bonds. The van der Waals surface area contributed by atoms with E-state index in [2.05, 4.69) is 21.0 Å². The van der Waals surface area contributed by atoms with E-state index < -0.39 is 12.3 Å². The zero-order chi connectivity index (χ0) is 10.1. The number of aliphatic hydroxyl groups excluding tert-OH is 1. The molecule has 5 heteroatoms. The van der Waals surface area contributed by atoms with Gasteiger partial charge in [0.05, 0.1) is 16.8 Å². The van der Waals surface area contributed by atoms with Crippen molar-refractivity contribution in [2.24, 2.45) is 5.92 Å². The predicted molar refractivity (Wildman–Crippen MR) is 53.6 cm³/mol. The third-order valence-electron chi connectivity index (χ3n) is 2.60. The monoisotopic (exact) mass is 262 g/mol. The molecule has 0 radical (unpaired) electrons. The first kappa shape index (κ1) is 10.1. The molecule has 0 saturated heterocycles. The summed E-state index contributed by atoms with van der Waals surface area (Å²) in [5, 5.41) is 13.3. The maximum atomic E-state index is 13.0. The molecule has 1 aromatic rings. The van der Waals surface area contributed by atoms with Crippen LogP contribution in [0.3, 0.4) is 0 Å². The Morgan fingerprint density at radius 1 is 1.64 bits per heavy atom. The van der Waals surface area contributed by atoms with Crippen molar-refractivity contribution in [3.05, 3.63) is 16.9 Å². The van der Waals surface area contributed by atoms with Crippen LogP contribution in [0.2, 0.25) is 0 Å². The number of rotatable bonds is 2. The molecule has 0 aromatic carbocycles. The molecule has 1 unspecified atom stereocenters. The van der Waals surface area contributed by atoms with E-state index in [0.29, 0.717) is 19.4 Å². The standard InChI is InChI=1S/C9H12BrFN2O/c10-7-3-12-13(5-7)4-6-1-8(11)9(14)2-6/h3,5-6,8-9,14H,1-2,4H2/t6?,8-,9+/m1/s1. The maximum absolute atomic E-state index is 13.0. The summed E-state index contributed by atoms with van der Waals surface area (Å²) in [7, 11) is 0. The van der Waals surface area contributed by atoms with Crippen molar-refractivity contribution in [2.75, 3.05) is 0 Å². The Balaban J connectivity index is 1.93. The first-order valence-electron chi connectivity index (χ1n) is 4.65. The minimum Gasteiger partial charge on any atom is -0.390 e. The summed E-state index contributed by atoms with van der Waals surface area (Å²) < 4.78 is 15.7. The van der Waals surface area contributed by atoms with Gasteiger partial charge in [-0.25, -0.2) is 4.39 Å². The molecule has 78 valence electrons. The molecule has 1 saturated carbocycles. The Bertz CT molecular complexity index is 308. The minimum atomic E-state index is -1.06. The van der Waals surface area contributed by atoms with Crippen LogP contribution >= 0.6 is 15.9 Å². The Labute approximate surface area is 90.0 Å². The zero-order valence-corrected chi connectivity index (χ0v) is 9.19. The fourth-order valence-electron chi connectivity index (χ4n) is 1.91. The highest BCUT2D eigenvalue weighted by atomic mass is 79.9. The summed E-state index contributed by atoms with van der Waals surface area (Å²) in [4.78, 5) is 0. The number of nitrogens with zero attached hydrogens (tertiary/aromatic N) is 2. The molecule has 1 heterocycles. The van der Waals surface area contributed by atoms with Gasteiger partial charge in [0.15, 0.2) is 0 Å². The van der Waals surface area contributed by atoms with Crippen molar-refractivity contribution in [1.29, 1.82) is 0 Å². The van der Waals surface area contributed by atoms with Crippen molar-refractivity contribution in [1.82, 2.24) is 9.78 Å². The highest BCUT2D eigenvalue weighted by molar-refractivity contribution is 9.10. The van der Waals surface area contributed by atoms with Gasteiger partial charge < -0.3 is 5.11 Å². The summed E-state index contributed by atoms with van der Waals surface area (Å²) in [6.07, 6.45) is 2.71. The van der Waals surface area contributed by atoms with Gasteiger partial charge >= 0.3 is 0 Å². The lowest BCUT2D eigenvalue weighted by Crippen LogP contribution is -2.12. The molecule has 2 rings (SSSR count). The Morgan fingerprint density at radius 2 is 2.43 bits per heavy atom. The highest BCUT2D eigenvalue weighted by Gasteiger charge is 2.32. The van der Waals surface area contributed by atoms with Gasteiger partial charge in [-0.3, -0.25) is 4.68 Å². The van der Waals surface area contributed by atoms with E-state index >= 15 is 0 Å². The normalized spacial score (nSPS) is 32.4. The Morgan fingerprint density at radius 3 is 2.93 bits per heavy atom. The van der Waals surface area contributed by atoms with E-state index in [9.17, 15) is 9.50 Å². The summed E-state index contributed by atoms with van der Waals surface area (Å²) >= 11 is 3.30. The van der Waals surface area contributed by atoms with Crippen LogP contribution < -0.4 is 0 Å². The van der Waals surface area contributed by atoms with Gasteiger partial charge in [0.2, 0.25) is 0 Å². The van der Waals surface area contributed by atoms with Gasteiger partial charge in [0.1, 0.15) is 6.17 Å². The Kier molecular flexibility index (Phi) is 2.88. The maximum Gasteiger partial charge on any atom is 0.126 e. The number of aromatic nitrogens is 2. The molecule has 0 bridgehead atoms. The summed E-state index contributed by atoms with van der Waals surface area (Å²) in [5.41, 5.74) is 0. The quantitative estimate of drug-likeness (QED) is 0.882. The van der Waals surface area contributed by atoms with Crippen LogP contribution in [0, 0.1) is 5.92 Å². The lowest BCUT2D eigenvalue weighted by atomic mass is 10.1. The SMILES string of the molecule is O[C@H]1CC(Cn2cc(Br)cn2)C[C@H]1F. The van der Waals surface area contributed by atoms with Gasteiger partial charge in [0.25, 0.3) is 0 Å². The number of aliphatic hydroxyl groups is 1. The molecule has 14 heavy (non-hydrogen) atoms. The minimum absolute atomic E-state index is 0.201. The molecule has 1 aliphatic carbocycles. The second-order valence-corrected chi connectivity index (χ2v) is 4.72. The summed E-state index contributed by atoms with van der Waals surface area (Å²) in [6.45, 7) is 0.684. The lowest BCUT2D eigenvalue weighted by molar-refractivity contribution is 0.102. The van der Waals surface area contributed by atoms with Gasteiger partial charge in [-0.05, 0) is 34.7 Å². The topological polar surface area (TPSA) is 38.0 Å². The van der Waals surface area contributed by atoms with E-state index in [1.807, 2.05) is 6.20 Å². The van der Waals surface area contributed by atoms with E-state index in [0.717, 1.165) is 4.47 Å². The van der Waals surface area contributed by atoms with E-state index in [1.165, 1.54) is 0 Å². The van der Waals surface area contributed by atoms with Gasteiger partial charge in [-0.2, -0.15) is 5.10 Å². The van der Waals surface area contributed by atoms with Crippen LogP contribution in [-0.4, -0.2) is 27.2 Å². The van der Waals surface area contributed by atoms with Crippen LogP contribution in [0.1, 0.15) is 12.8 Å². The fourth-order valence-corrected chi connectivity index (χ4v) is 2.24. The molecule has 1 aromatic heterocycles. The largest absolute Gasteiger partial charge is 0.390 e. The second kappa shape index (κ2) is 3.98. The smallest absolute Gasteiger partial charge is 0.126 e. The van der Waals surface area contributed by atoms with Crippen LogP contribution in [-0.2, 0) is 6.54 Å². The number of halogens is 2. The Hall–Kier alpha value is -0.420. The van der Waals surface area contributed by atoms with E-state index in [1.54, 1.807) is 10.9 Å². The number of hydrogen-bond acceptors (Lipinski definition) is 2. The third kappa shape index (κ3) is 2.15. The number of alkyl halides is 1.